The summed E-state index contributed by atoms with van der Waals surface area (Å²) in [6.45, 7) is 0.340. The lowest BCUT2D eigenvalue weighted by atomic mass is 9.80. The quantitative estimate of drug-likeness (QED) is 0.563. The highest BCUT2D eigenvalue weighted by Crippen LogP contribution is 2.51. The summed E-state index contributed by atoms with van der Waals surface area (Å²) in [5, 5.41) is 0. The molecule has 0 aliphatic carbocycles. The summed E-state index contributed by atoms with van der Waals surface area (Å²) in [5.41, 5.74) is 4.14. The van der Waals surface area contributed by atoms with Crippen LogP contribution in [0.3, 0.4) is 0 Å². The number of methoxy groups -OCH3 is 2. The number of cyclic esters (lactones) is 1. The van der Waals surface area contributed by atoms with E-state index in [9.17, 15) is 9.59 Å². The number of rotatable bonds is 4. The van der Waals surface area contributed by atoms with E-state index in [1.165, 1.54) is 14.2 Å². The van der Waals surface area contributed by atoms with Gasteiger partial charge in [0.1, 0.15) is 18.1 Å². The number of hydrogen-bond donors (Lipinski definition) is 0. The first kappa shape index (κ1) is 18.4. The van der Waals surface area contributed by atoms with E-state index in [0.717, 1.165) is 22.5 Å². The fraction of sp³-hybridized carbons (Fsp3) is 0.273. The highest BCUT2D eigenvalue weighted by Gasteiger charge is 2.42. The highest BCUT2D eigenvalue weighted by molar-refractivity contribution is 5.98. The minimum atomic E-state index is -0.445. The third kappa shape index (κ3) is 2.46. The molecule has 2 aromatic rings. The van der Waals surface area contributed by atoms with Crippen LogP contribution in [0.2, 0.25) is 0 Å². The Hall–Kier alpha value is -3.68. The second-order valence-corrected chi connectivity index (χ2v) is 7.15. The van der Waals surface area contributed by atoms with Gasteiger partial charge in [0.2, 0.25) is 6.79 Å². The Bertz CT molecular complexity index is 1100. The lowest BCUT2D eigenvalue weighted by Gasteiger charge is -2.33. The van der Waals surface area contributed by atoms with Gasteiger partial charge in [-0.15, -0.1) is 0 Å². The van der Waals surface area contributed by atoms with Crippen LogP contribution in [-0.4, -0.2) is 46.9 Å². The van der Waals surface area contributed by atoms with E-state index in [1.807, 2.05) is 24.1 Å². The van der Waals surface area contributed by atoms with Gasteiger partial charge in [0.05, 0.1) is 31.1 Å². The van der Waals surface area contributed by atoms with Gasteiger partial charge >= 0.3 is 5.97 Å². The maximum absolute atomic E-state index is 12.7. The summed E-state index contributed by atoms with van der Waals surface area (Å²) < 4.78 is 27.4. The number of likely N-dealkylation sites (N-methyl/N-ethyl adjacent to an activating group) is 1. The number of carbonyl (C=O) groups excluding carboxylic acids is 2. The number of nitrogens with zero attached hydrogens (tertiary/aromatic N) is 1. The molecule has 0 saturated carbocycles. The Labute approximate surface area is 172 Å². The molecule has 0 bridgehead atoms. The Kier molecular flexibility index (Phi) is 4.09. The summed E-state index contributed by atoms with van der Waals surface area (Å²) in [5.74, 6) is 1.19. The van der Waals surface area contributed by atoms with Gasteiger partial charge in [0.25, 0.3) is 0 Å². The predicted octanol–water partition coefficient (Wildman–Crippen LogP) is 2.64. The van der Waals surface area contributed by atoms with Crippen molar-refractivity contribution in [2.45, 2.75) is 5.92 Å². The average molecular weight is 409 g/mol. The Morgan fingerprint density at radius 3 is 2.33 bits per heavy atom. The van der Waals surface area contributed by atoms with Crippen LogP contribution in [0.15, 0.2) is 35.5 Å². The van der Waals surface area contributed by atoms with E-state index in [-0.39, 0.29) is 19.4 Å². The summed E-state index contributed by atoms with van der Waals surface area (Å²) in [7, 11) is 4.87. The van der Waals surface area contributed by atoms with E-state index >= 15 is 0 Å². The van der Waals surface area contributed by atoms with E-state index in [2.05, 4.69) is 0 Å². The molecule has 3 heterocycles. The molecule has 8 nitrogen and oxygen atoms in total. The number of fused-ring (bicyclic) bond motifs is 2. The normalized spacial score (nSPS) is 18.7. The summed E-state index contributed by atoms with van der Waals surface area (Å²) in [6, 6.07) is 7.31. The largest absolute Gasteiger partial charge is 0.496 e. The fourth-order valence-corrected chi connectivity index (χ4v) is 4.33. The molecule has 0 amide bonds. The third-order valence-electron chi connectivity index (χ3n) is 5.78. The third-order valence-corrected chi connectivity index (χ3v) is 5.78. The number of aldehydes is 1. The van der Waals surface area contributed by atoms with E-state index in [4.69, 9.17) is 23.7 Å². The van der Waals surface area contributed by atoms with Crippen LogP contribution in [-0.2, 0) is 9.53 Å². The standard InChI is InChI=1S/C22H19NO7/c1-23-14-7-19-18(29-10-30-19)6-12(14)20(21-15(23)9-28-22(21)25)11-4-16(26-2)13(8-24)17(5-11)27-3/h4-8,20H,9-10H2,1-3H3. The molecule has 0 aromatic heterocycles. The molecule has 8 heteroatoms. The number of anilines is 1. The molecule has 3 aliphatic rings. The van der Waals surface area contributed by atoms with Crippen LogP contribution in [0, 0.1) is 0 Å². The van der Waals surface area contributed by atoms with Crippen molar-refractivity contribution >= 4 is 17.9 Å². The summed E-state index contributed by atoms with van der Waals surface area (Å²) in [6.07, 6.45) is 0.691. The number of esters is 1. The zero-order valence-corrected chi connectivity index (χ0v) is 16.7. The molecule has 154 valence electrons. The van der Waals surface area contributed by atoms with Gasteiger partial charge in [-0.2, -0.15) is 0 Å². The monoisotopic (exact) mass is 409 g/mol. The molecule has 5 rings (SSSR count). The van der Waals surface area contributed by atoms with Crippen molar-refractivity contribution < 1.29 is 33.3 Å². The molecule has 0 spiro atoms. The zero-order valence-electron chi connectivity index (χ0n) is 16.7. The van der Waals surface area contributed by atoms with Crippen molar-refractivity contribution in [2.24, 2.45) is 0 Å². The minimum Gasteiger partial charge on any atom is -0.496 e. The lowest BCUT2D eigenvalue weighted by molar-refractivity contribution is -0.136. The van der Waals surface area contributed by atoms with Crippen LogP contribution < -0.4 is 23.8 Å². The van der Waals surface area contributed by atoms with Gasteiger partial charge in [-0.25, -0.2) is 4.79 Å². The second kappa shape index (κ2) is 6.69. The molecule has 0 radical (unpaired) electrons. The van der Waals surface area contributed by atoms with E-state index in [1.54, 1.807) is 12.1 Å². The van der Waals surface area contributed by atoms with E-state index in [0.29, 0.717) is 40.4 Å². The number of benzene rings is 2. The second-order valence-electron chi connectivity index (χ2n) is 7.15. The Morgan fingerprint density at radius 2 is 1.70 bits per heavy atom. The van der Waals surface area contributed by atoms with Gasteiger partial charge in [-0.05, 0) is 29.3 Å². The lowest BCUT2D eigenvalue weighted by Crippen LogP contribution is -2.27. The molecule has 0 fully saturated rings. The Balaban J connectivity index is 1.78. The topological polar surface area (TPSA) is 83.5 Å². The highest BCUT2D eigenvalue weighted by atomic mass is 16.7. The van der Waals surface area contributed by atoms with Gasteiger partial charge in [0.15, 0.2) is 17.8 Å². The van der Waals surface area contributed by atoms with Gasteiger partial charge in [0, 0.05) is 24.7 Å². The van der Waals surface area contributed by atoms with Crippen LogP contribution >= 0.6 is 0 Å². The number of carbonyl (C=O) groups is 2. The van der Waals surface area contributed by atoms with Crippen molar-refractivity contribution in [3.63, 3.8) is 0 Å². The van der Waals surface area contributed by atoms with Crippen molar-refractivity contribution in [1.82, 2.24) is 0 Å². The van der Waals surface area contributed by atoms with Crippen LogP contribution in [0.25, 0.3) is 0 Å². The average Bonchev–Trinajstić information content (AvgIpc) is 3.38. The summed E-state index contributed by atoms with van der Waals surface area (Å²) in [4.78, 5) is 26.3. The maximum Gasteiger partial charge on any atom is 0.337 e. The molecular formula is C22H19NO7. The van der Waals surface area contributed by atoms with Gasteiger partial charge < -0.3 is 28.6 Å². The van der Waals surface area contributed by atoms with Crippen molar-refractivity contribution in [3.8, 4) is 23.0 Å². The Morgan fingerprint density at radius 1 is 1.03 bits per heavy atom. The SMILES string of the molecule is COc1cc(C2C3=C(COC3=O)N(C)c3cc4c(cc32)OCO4)cc(OC)c1C=O. The van der Waals surface area contributed by atoms with Gasteiger partial charge in [-0.3, -0.25) is 4.79 Å². The zero-order chi connectivity index (χ0) is 21.0. The molecule has 2 aromatic carbocycles. The maximum atomic E-state index is 12.7. The molecule has 0 N–H and O–H groups in total. The first-order valence-corrected chi connectivity index (χ1v) is 9.36. The molecular weight excluding hydrogens is 390 g/mol. The van der Waals surface area contributed by atoms with Crippen LogP contribution in [0.4, 0.5) is 5.69 Å². The first-order valence-electron chi connectivity index (χ1n) is 9.36. The molecule has 1 unspecified atom stereocenters. The van der Waals surface area contributed by atoms with Gasteiger partial charge in [-0.1, -0.05) is 0 Å². The number of hydrogen-bond acceptors (Lipinski definition) is 8. The van der Waals surface area contributed by atoms with Crippen LogP contribution in [0.1, 0.15) is 27.4 Å². The predicted molar refractivity (Wildman–Crippen MR) is 106 cm³/mol. The van der Waals surface area contributed by atoms with Crippen LogP contribution in [0.5, 0.6) is 23.0 Å². The minimum absolute atomic E-state index is 0.150. The molecule has 0 saturated heterocycles. The number of ether oxygens (including phenoxy) is 5. The van der Waals surface area contributed by atoms with Crippen molar-refractivity contribution in [2.75, 3.05) is 39.6 Å². The molecule has 3 aliphatic heterocycles. The van der Waals surface area contributed by atoms with Crippen molar-refractivity contribution in [3.05, 3.63) is 52.2 Å². The van der Waals surface area contributed by atoms with Crippen molar-refractivity contribution in [1.29, 1.82) is 0 Å². The summed E-state index contributed by atoms with van der Waals surface area (Å²) >= 11 is 0. The molecule has 30 heavy (non-hydrogen) atoms. The molecule has 1 atom stereocenters. The smallest absolute Gasteiger partial charge is 0.337 e. The fourth-order valence-electron chi connectivity index (χ4n) is 4.33. The first-order chi connectivity index (χ1) is 14.6. The van der Waals surface area contributed by atoms with E-state index < -0.39 is 5.92 Å².